The molecule has 5 nitrogen and oxygen atoms in total. The Kier molecular flexibility index (Phi) is 7.89. The second-order valence-corrected chi connectivity index (χ2v) is 11.5. The summed E-state index contributed by atoms with van der Waals surface area (Å²) in [6.45, 7) is 4.80. The highest BCUT2D eigenvalue weighted by atomic mass is 35.5. The molecule has 1 amide bonds. The van der Waals surface area contributed by atoms with Gasteiger partial charge in [0.25, 0.3) is 5.91 Å². The molecular weight excluding hydrogens is 537 g/mol. The maximum atomic E-state index is 15.0. The van der Waals surface area contributed by atoms with Gasteiger partial charge in [0.2, 0.25) is 0 Å². The van der Waals surface area contributed by atoms with Gasteiger partial charge >= 0.3 is 0 Å². The first-order valence-electron chi connectivity index (χ1n) is 14.1. The van der Waals surface area contributed by atoms with Crippen molar-refractivity contribution in [3.63, 3.8) is 0 Å². The summed E-state index contributed by atoms with van der Waals surface area (Å²) in [5, 5.41) is 5.09. The van der Waals surface area contributed by atoms with Gasteiger partial charge in [-0.2, -0.15) is 0 Å². The van der Waals surface area contributed by atoms with E-state index in [4.69, 9.17) is 21.3 Å². The molecule has 0 bridgehead atoms. The van der Waals surface area contributed by atoms with Crippen LogP contribution in [0.1, 0.15) is 40.9 Å². The van der Waals surface area contributed by atoms with Crippen LogP contribution in [-0.2, 0) is 4.74 Å². The Hall–Kier alpha value is -3.58. The highest BCUT2D eigenvalue weighted by Gasteiger charge is 2.36. The Morgan fingerprint density at radius 1 is 1.12 bits per heavy atom. The van der Waals surface area contributed by atoms with Gasteiger partial charge < -0.3 is 10.1 Å². The number of methoxy groups -OCH3 is 1. The van der Waals surface area contributed by atoms with E-state index < -0.39 is 0 Å². The van der Waals surface area contributed by atoms with Gasteiger partial charge in [-0.15, -0.1) is 0 Å². The number of hydrogen-bond acceptors (Lipinski definition) is 4. The van der Waals surface area contributed by atoms with Gasteiger partial charge in [0.05, 0.1) is 23.7 Å². The summed E-state index contributed by atoms with van der Waals surface area (Å²) in [4.78, 5) is 20.2. The second kappa shape index (κ2) is 11.7. The minimum atomic E-state index is -0.275. The van der Waals surface area contributed by atoms with Crippen molar-refractivity contribution in [1.82, 2.24) is 10.2 Å². The third kappa shape index (κ3) is 5.52. The number of carbonyl (C=O) groups excluding carboxylic acids is 1. The molecule has 2 atom stereocenters. The first-order valence-corrected chi connectivity index (χ1v) is 14.4. The molecular formula is C34H33ClFN3O2. The molecule has 0 spiro atoms. The number of benzene rings is 3. The lowest BCUT2D eigenvalue weighted by Gasteiger charge is -2.46. The van der Waals surface area contributed by atoms with Gasteiger partial charge in [-0.05, 0) is 60.6 Å². The first-order chi connectivity index (χ1) is 19.9. The Labute approximate surface area is 244 Å². The number of nitrogens with one attached hydrogen (secondary N) is 1. The zero-order valence-corrected chi connectivity index (χ0v) is 24.0. The molecule has 1 saturated heterocycles. The van der Waals surface area contributed by atoms with Gasteiger partial charge in [0.1, 0.15) is 5.82 Å². The van der Waals surface area contributed by atoms with E-state index in [0.717, 1.165) is 52.5 Å². The maximum Gasteiger partial charge on any atom is 0.252 e. The van der Waals surface area contributed by atoms with Crippen molar-refractivity contribution in [2.24, 2.45) is 16.8 Å². The second-order valence-electron chi connectivity index (χ2n) is 11.0. The third-order valence-electron chi connectivity index (χ3n) is 8.18. The number of amides is 1. The van der Waals surface area contributed by atoms with Crippen molar-refractivity contribution in [2.75, 3.05) is 33.4 Å². The van der Waals surface area contributed by atoms with Crippen LogP contribution in [-0.4, -0.2) is 44.2 Å². The van der Waals surface area contributed by atoms with E-state index in [1.165, 1.54) is 6.07 Å². The maximum absolute atomic E-state index is 15.0. The molecule has 3 aromatic rings. The van der Waals surface area contributed by atoms with E-state index in [1.54, 1.807) is 13.2 Å². The van der Waals surface area contributed by atoms with E-state index in [9.17, 15) is 4.79 Å². The van der Waals surface area contributed by atoms with Crippen LogP contribution < -0.4 is 15.9 Å². The van der Waals surface area contributed by atoms with E-state index in [1.807, 2.05) is 42.5 Å². The van der Waals surface area contributed by atoms with Crippen LogP contribution >= 0.6 is 11.6 Å². The number of rotatable bonds is 9. The Balaban J connectivity index is 1.19. The summed E-state index contributed by atoms with van der Waals surface area (Å²) in [5.74, 6) is 0.343. The fraction of sp³-hybridized carbons (Fsp3) is 0.294. The number of ether oxygens (including phenoxy) is 1. The van der Waals surface area contributed by atoms with E-state index in [0.29, 0.717) is 35.2 Å². The molecule has 2 heterocycles. The average molecular weight is 570 g/mol. The van der Waals surface area contributed by atoms with Gasteiger partial charge in [-0.1, -0.05) is 66.2 Å². The fourth-order valence-corrected chi connectivity index (χ4v) is 6.53. The Bertz CT molecular complexity index is 1660. The average Bonchev–Trinajstić information content (AvgIpc) is 3.32. The van der Waals surface area contributed by atoms with Gasteiger partial charge in [-0.3, -0.25) is 9.69 Å². The molecule has 1 N–H and O–H groups in total. The number of likely N-dealkylation sites (tertiary alicyclic amines) is 1. The van der Waals surface area contributed by atoms with Crippen LogP contribution in [0.15, 0.2) is 95.1 Å². The summed E-state index contributed by atoms with van der Waals surface area (Å²) < 4.78 is 20.1. The highest BCUT2D eigenvalue weighted by molar-refractivity contribution is 6.30. The molecule has 2 unspecified atom stereocenters. The minimum absolute atomic E-state index is 0.113. The number of allylic oxidation sites excluding steroid dienone is 3. The number of nitrogens with zero attached hydrogens (tertiary/aromatic N) is 2. The molecule has 0 radical (unpaired) electrons. The van der Waals surface area contributed by atoms with Crippen LogP contribution in [0, 0.1) is 17.7 Å². The number of hydrogen-bond donors (Lipinski definition) is 1. The lowest BCUT2D eigenvalue weighted by atomic mass is 9.81. The van der Waals surface area contributed by atoms with E-state index in [2.05, 4.69) is 41.4 Å². The quantitative estimate of drug-likeness (QED) is 0.360. The standard InChI is InChI=1S/C34H33ClFN3O2/c1-21-15-22(17-30-31(21)32-27(9-6-10-29(32)38-30)34(40)37-13-14-41-2)16-23-19-39(20-23)33(24-7-4-3-5-8-24)26-12-11-25(35)18-28(26)36/h3-12,15,17-18,22-23,33H,13-14,16,19-20H2,1-2H3,(H,37,40). The first kappa shape index (κ1) is 27.6. The predicted molar refractivity (Wildman–Crippen MR) is 160 cm³/mol. The molecule has 41 heavy (non-hydrogen) atoms. The summed E-state index contributed by atoms with van der Waals surface area (Å²) in [7, 11) is 1.62. The number of carbonyl (C=O) groups is 1. The van der Waals surface area contributed by atoms with Crippen LogP contribution in [0.5, 0.6) is 0 Å². The lowest BCUT2D eigenvalue weighted by Crippen LogP contribution is -2.49. The predicted octanol–water partition coefficient (Wildman–Crippen LogP) is 5.21. The number of fused-ring (bicyclic) bond motifs is 2. The largest absolute Gasteiger partial charge is 0.383 e. The van der Waals surface area contributed by atoms with Gasteiger partial charge in [0, 0.05) is 53.7 Å². The smallest absolute Gasteiger partial charge is 0.252 e. The highest BCUT2D eigenvalue weighted by Crippen LogP contribution is 2.40. The van der Waals surface area contributed by atoms with E-state index in [-0.39, 0.29) is 23.7 Å². The topological polar surface area (TPSA) is 53.9 Å². The monoisotopic (exact) mass is 569 g/mol. The van der Waals surface area contributed by atoms with Crippen LogP contribution in [0.25, 0.3) is 5.57 Å². The van der Waals surface area contributed by atoms with Crippen molar-refractivity contribution in [3.05, 3.63) is 128 Å². The molecule has 1 fully saturated rings. The molecule has 7 heteroatoms. The Morgan fingerprint density at radius 2 is 1.93 bits per heavy atom. The molecule has 3 aromatic carbocycles. The summed E-state index contributed by atoms with van der Waals surface area (Å²) in [6, 6.07) is 20.7. The van der Waals surface area contributed by atoms with E-state index >= 15 is 4.39 Å². The van der Waals surface area contributed by atoms with Crippen LogP contribution in [0.4, 0.5) is 4.39 Å². The normalized spacial score (nSPS) is 18.9. The molecule has 0 aromatic heterocycles. The summed E-state index contributed by atoms with van der Waals surface area (Å²) in [5.41, 5.74) is 5.51. The summed E-state index contributed by atoms with van der Waals surface area (Å²) >= 11 is 6.06. The molecule has 2 aliphatic heterocycles. The molecule has 3 aliphatic rings. The number of halogens is 2. The van der Waals surface area contributed by atoms with Crippen molar-refractivity contribution >= 4 is 23.1 Å². The van der Waals surface area contributed by atoms with Crippen LogP contribution in [0.3, 0.4) is 0 Å². The lowest BCUT2D eigenvalue weighted by molar-refractivity contribution is 0.0583. The SMILES string of the molecule is COCCNC(=O)c1cccc2c1=C1C(C)=CC(CC3CN(C(c4ccccc4)c4ccc(Cl)cc4F)C3)C=C1N=2. The molecule has 0 saturated carbocycles. The zero-order chi connectivity index (χ0) is 28.5. The summed E-state index contributed by atoms with van der Waals surface area (Å²) in [6.07, 6.45) is 5.54. The third-order valence-corrected chi connectivity index (χ3v) is 8.42. The van der Waals surface area contributed by atoms with Crippen molar-refractivity contribution in [1.29, 1.82) is 0 Å². The zero-order valence-electron chi connectivity index (χ0n) is 23.2. The minimum Gasteiger partial charge on any atom is -0.383 e. The van der Waals surface area contributed by atoms with Gasteiger partial charge in [-0.25, -0.2) is 9.38 Å². The fourth-order valence-electron chi connectivity index (χ4n) is 6.37. The molecule has 1 aliphatic carbocycles. The molecule has 210 valence electrons. The van der Waals surface area contributed by atoms with Crippen molar-refractivity contribution in [2.45, 2.75) is 19.4 Å². The van der Waals surface area contributed by atoms with Gasteiger partial charge in [0.15, 0.2) is 0 Å². The van der Waals surface area contributed by atoms with Crippen molar-refractivity contribution < 1.29 is 13.9 Å². The Morgan fingerprint density at radius 3 is 2.68 bits per heavy atom. The molecule has 6 rings (SSSR count). The van der Waals surface area contributed by atoms with Crippen LogP contribution in [0.2, 0.25) is 5.02 Å². The van der Waals surface area contributed by atoms with Crippen molar-refractivity contribution in [3.8, 4) is 0 Å².